The van der Waals surface area contributed by atoms with Gasteiger partial charge in [-0.05, 0) is 25.1 Å². The third kappa shape index (κ3) is 2.34. The molecular formula is C11H11BrF3NO. The van der Waals surface area contributed by atoms with Crippen LogP contribution in [0.4, 0.5) is 13.2 Å². The van der Waals surface area contributed by atoms with E-state index in [1.54, 1.807) is 0 Å². The number of hydrogen-bond donors (Lipinski definition) is 2. The van der Waals surface area contributed by atoms with Gasteiger partial charge in [-0.15, -0.1) is 0 Å². The number of alkyl halides is 3. The first kappa shape index (κ1) is 12.9. The average Bonchev–Trinajstić information content (AvgIpc) is 2.64. The molecule has 1 unspecified atom stereocenters. The van der Waals surface area contributed by atoms with Crippen LogP contribution in [0, 0.1) is 0 Å². The summed E-state index contributed by atoms with van der Waals surface area (Å²) in [6.45, 7) is 0.647. The number of benzene rings is 1. The molecule has 0 bridgehead atoms. The minimum Gasteiger partial charge on any atom is -0.384 e. The second-order valence-corrected chi connectivity index (χ2v) is 4.97. The van der Waals surface area contributed by atoms with Gasteiger partial charge in [-0.25, -0.2) is 0 Å². The van der Waals surface area contributed by atoms with E-state index in [0.717, 1.165) is 6.07 Å². The Hall–Kier alpha value is -0.590. The molecule has 2 rings (SSSR count). The van der Waals surface area contributed by atoms with Gasteiger partial charge >= 0.3 is 6.18 Å². The van der Waals surface area contributed by atoms with E-state index in [1.165, 1.54) is 12.1 Å². The van der Waals surface area contributed by atoms with Crippen molar-refractivity contribution in [2.75, 3.05) is 13.1 Å². The molecule has 6 heteroatoms. The highest BCUT2D eigenvalue weighted by Crippen LogP contribution is 2.42. The maximum absolute atomic E-state index is 12.9. The predicted octanol–water partition coefficient (Wildman–Crippen LogP) is 2.65. The molecule has 0 amide bonds. The van der Waals surface area contributed by atoms with Crippen LogP contribution in [0.15, 0.2) is 22.7 Å². The summed E-state index contributed by atoms with van der Waals surface area (Å²) in [5.41, 5.74) is -2.30. The van der Waals surface area contributed by atoms with Crippen LogP contribution in [0.3, 0.4) is 0 Å². The lowest BCUT2D eigenvalue weighted by molar-refractivity contribution is -0.140. The summed E-state index contributed by atoms with van der Waals surface area (Å²) in [7, 11) is 0. The molecule has 0 saturated carbocycles. The molecule has 1 aliphatic rings. The number of β-amino-alcohol motifs (C(OH)–C–C–N with tert-alkyl or cyclic N) is 1. The van der Waals surface area contributed by atoms with E-state index in [0.29, 0.717) is 11.0 Å². The Kier molecular flexibility index (Phi) is 3.22. The molecule has 0 spiro atoms. The Balaban J connectivity index is 2.59. The van der Waals surface area contributed by atoms with E-state index < -0.39 is 17.3 Å². The van der Waals surface area contributed by atoms with Crippen LogP contribution in [-0.4, -0.2) is 18.2 Å². The van der Waals surface area contributed by atoms with Gasteiger partial charge in [-0.1, -0.05) is 22.0 Å². The summed E-state index contributed by atoms with van der Waals surface area (Å²) in [5, 5.41) is 13.2. The van der Waals surface area contributed by atoms with Gasteiger partial charge in [0.25, 0.3) is 0 Å². The third-order valence-electron chi connectivity index (χ3n) is 2.92. The van der Waals surface area contributed by atoms with Crippen LogP contribution in [0.5, 0.6) is 0 Å². The molecule has 94 valence electrons. The van der Waals surface area contributed by atoms with Gasteiger partial charge in [-0.3, -0.25) is 0 Å². The Morgan fingerprint density at radius 3 is 2.59 bits per heavy atom. The molecule has 1 atom stereocenters. The van der Waals surface area contributed by atoms with Crippen LogP contribution in [0.25, 0.3) is 0 Å². The lowest BCUT2D eigenvalue weighted by atomic mass is 9.89. The Morgan fingerprint density at radius 2 is 2.06 bits per heavy atom. The molecule has 1 aromatic carbocycles. The van der Waals surface area contributed by atoms with E-state index in [9.17, 15) is 18.3 Å². The molecule has 17 heavy (non-hydrogen) atoms. The quantitative estimate of drug-likeness (QED) is 0.836. The van der Waals surface area contributed by atoms with Crippen molar-refractivity contribution < 1.29 is 18.3 Å². The molecular weight excluding hydrogens is 299 g/mol. The highest BCUT2D eigenvalue weighted by atomic mass is 79.9. The molecule has 0 aromatic heterocycles. The van der Waals surface area contributed by atoms with Gasteiger partial charge in [0, 0.05) is 16.6 Å². The number of aliphatic hydroxyl groups is 1. The molecule has 2 N–H and O–H groups in total. The normalized spacial score (nSPS) is 25.2. The molecule has 1 heterocycles. The fourth-order valence-electron chi connectivity index (χ4n) is 2.13. The van der Waals surface area contributed by atoms with E-state index in [-0.39, 0.29) is 18.5 Å². The maximum atomic E-state index is 12.9. The highest BCUT2D eigenvalue weighted by molar-refractivity contribution is 9.10. The van der Waals surface area contributed by atoms with E-state index in [1.807, 2.05) is 0 Å². The minimum absolute atomic E-state index is 0.0718. The summed E-state index contributed by atoms with van der Waals surface area (Å²) >= 11 is 3.10. The third-order valence-corrected chi connectivity index (χ3v) is 3.58. The molecule has 1 saturated heterocycles. The predicted molar refractivity (Wildman–Crippen MR) is 60.5 cm³/mol. The van der Waals surface area contributed by atoms with E-state index >= 15 is 0 Å². The zero-order chi connectivity index (χ0) is 12.7. The van der Waals surface area contributed by atoms with Crippen LogP contribution in [0.2, 0.25) is 0 Å². The zero-order valence-corrected chi connectivity index (χ0v) is 10.4. The molecule has 0 aliphatic carbocycles. The number of nitrogens with one attached hydrogen (secondary N) is 1. The first-order valence-corrected chi connectivity index (χ1v) is 5.93. The molecule has 2 nitrogen and oxygen atoms in total. The van der Waals surface area contributed by atoms with Crippen molar-refractivity contribution >= 4 is 15.9 Å². The average molecular weight is 310 g/mol. The lowest BCUT2D eigenvalue weighted by Crippen LogP contribution is -2.31. The SMILES string of the molecule is OC1(c2c(Br)cccc2C(F)(F)F)CCNC1. The van der Waals surface area contributed by atoms with Gasteiger partial charge in [0.05, 0.1) is 5.56 Å². The maximum Gasteiger partial charge on any atom is 0.416 e. The van der Waals surface area contributed by atoms with Crippen LogP contribution >= 0.6 is 15.9 Å². The zero-order valence-electron chi connectivity index (χ0n) is 8.81. The molecule has 0 radical (unpaired) electrons. The smallest absolute Gasteiger partial charge is 0.384 e. The van der Waals surface area contributed by atoms with Crippen molar-refractivity contribution in [3.05, 3.63) is 33.8 Å². The first-order valence-electron chi connectivity index (χ1n) is 5.14. The van der Waals surface area contributed by atoms with Crippen molar-refractivity contribution in [3.8, 4) is 0 Å². The minimum atomic E-state index is -4.46. The monoisotopic (exact) mass is 309 g/mol. The standard InChI is InChI=1S/C11H11BrF3NO/c12-8-3-1-2-7(11(13,14)15)9(8)10(17)4-5-16-6-10/h1-3,16-17H,4-6H2. The number of rotatable bonds is 1. The van der Waals surface area contributed by atoms with Crippen LogP contribution in [-0.2, 0) is 11.8 Å². The Morgan fingerprint density at radius 1 is 1.35 bits per heavy atom. The second-order valence-electron chi connectivity index (χ2n) is 4.12. The van der Waals surface area contributed by atoms with Gasteiger partial charge in [0.2, 0.25) is 0 Å². The van der Waals surface area contributed by atoms with Crippen molar-refractivity contribution in [1.82, 2.24) is 5.32 Å². The van der Waals surface area contributed by atoms with Gasteiger partial charge in [0.1, 0.15) is 5.60 Å². The molecule has 1 aromatic rings. The van der Waals surface area contributed by atoms with Crippen molar-refractivity contribution in [2.45, 2.75) is 18.2 Å². The van der Waals surface area contributed by atoms with Gasteiger partial charge < -0.3 is 10.4 Å². The fourth-order valence-corrected chi connectivity index (χ4v) is 2.86. The fraction of sp³-hybridized carbons (Fsp3) is 0.455. The topological polar surface area (TPSA) is 32.3 Å². The molecule has 1 aliphatic heterocycles. The molecule has 1 fully saturated rings. The summed E-state index contributed by atoms with van der Waals surface area (Å²) < 4.78 is 39.0. The summed E-state index contributed by atoms with van der Waals surface area (Å²) in [5.74, 6) is 0. The van der Waals surface area contributed by atoms with Crippen LogP contribution in [0.1, 0.15) is 17.5 Å². The van der Waals surface area contributed by atoms with Crippen LogP contribution < -0.4 is 5.32 Å². The second kappa shape index (κ2) is 4.26. The Labute approximate surface area is 105 Å². The Bertz CT molecular complexity index is 427. The van der Waals surface area contributed by atoms with Crippen molar-refractivity contribution in [2.24, 2.45) is 0 Å². The largest absolute Gasteiger partial charge is 0.416 e. The first-order chi connectivity index (χ1) is 7.84. The van der Waals surface area contributed by atoms with E-state index in [4.69, 9.17) is 0 Å². The van der Waals surface area contributed by atoms with E-state index in [2.05, 4.69) is 21.2 Å². The van der Waals surface area contributed by atoms with Crippen molar-refractivity contribution in [3.63, 3.8) is 0 Å². The summed E-state index contributed by atoms with van der Waals surface area (Å²) in [6, 6.07) is 3.83. The number of halogens is 4. The lowest BCUT2D eigenvalue weighted by Gasteiger charge is -2.27. The van der Waals surface area contributed by atoms with Gasteiger partial charge in [0.15, 0.2) is 0 Å². The number of hydrogen-bond acceptors (Lipinski definition) is 2. The highest BCUT2D eigenvalue weighted by Gasteiger charge is 2.43. The summed E-state index contributed by atoms with van der Waals surface area (Å²) in [6.07, 6.45) is -4.18. The summed E-state index contributed by atoms with van der Waals surface area (Å²) in [4.78, 5) is 0. The van der Waals surface area contributed by atoms with Gasteiger partial charge in [-0.2, -0.15) is 13.2 Å². The van der Waals surface area contributed by atoms with Crippen molar-refractivity contribution in [1.29, 1.82) is 0 Å².